The minimum Gasteiger partial charge on any atom is -0.317 e. The topological polar surface area (TPSA) is 33.1 Å². The predicted molar refractivity (Wildman–Crippen MR) is 75.3 cm³/mol. The Labute approximate surface area is 117 Å². The van der Waals surface area contributed by atoms with E-state index in [0.29, 0.717) is 5.41 Å². The first-order valence-electron chi connectivity index (χ1n) is 6.78. The van der Waals surface area contributed by atoms with Crippen molar-refractivity contribution >= 4 is 15.9 Å². The van der Waals surface area contributed by atoms with E-state index in [-0.39, 0.29) is 0 Å². The maximum Gasteiger partial charge on any atom is 0.0663 e. The van der Waals surface area contributed by atoms with Crippen molar-refractivity contribution in [2.45, 2.75) is 25.8 Å². The summed E-state index contributed by atoms with van der Waals surface area (Å²) in [5.74, 6) is 0. The highest BCUT2D eigenvalue weighted by Gasteiger charge is 2.38. The van der Waals surface area contributed by atoms with Gasteiger partial charge >= 0.3 is 0 Å². The predicted octanol–water partition coefficient (Wildman–Crippen LogP) is 1.76. The number of nitrogens with zero attached hydrogens (tertiary/aromatic N) is 3. The van der Waals surface area contributed by atoms with E-state index in [9.17, 15) is 0 Å². The van der Waals surface area contributed by atoms with Crippen LogP contribution in [0.4, 0.5) is 0 Å². The fraction of sp³-hybridized carbons (Fsp3) is 0.769. The Bertz CT molecular complexity index is 403. The number of rotatable bonds is 2. The van der Waals surface area contributed by atoms with Crippen molar-refractivity contribution in [3.63, 3.8) is 0 Å². The van der Waals surface area contributed by atoms with Crippen molar-refractivity contribution < 1.29 is 0 Å². The SMILES string of the molecule is Cn1ncc(Br)c1CN1CCC2(CCNCC2)C1. The average molecular weight is 313 g/mol. The molecule has 2 aliphatic heterocycles. The van der Waals surface area contributed by atoms with Crippen LogP contribution in [0.2, 0.25) is 0 Å². The fourth-order valence-corrected chi connectivity index (χ4v) is 3.83. The van der Waals surface area contributed by atoms with Gasteiger partial charge in [0, 0.05) is 20.1 Å². The molecule has 0 aliphatic carbocycles. The Balaban J connectivity index is 1.66. The van der Waals surface area contributed by atoms with Crippen LogP contribution in [0.1, 0.15) is 25.0 Å². The highest BCUT2D eigenvalue weighted by atomic mass is 79.9. The van der Waals surface area contributed by atoms with Gasteiger partial charge in [0.2, 0.25) is 0 Å². The van der Waals surface area contributed by atoms with E-state index in [4.69, 9.17) is 0 Å². The van der Waals surface area contributed by atoms with Gasteiger partial charge in [0.05, 0.1) is 16.4 Å². The van der Waals surface area contributed by atoms with Gasteiger partial charge in [0.1, 0.15) is 0 Å². The summed E-state index contributed by atoms with van der Waals surface area (Å²) < 4.78 is 3.12. The summed E-state index contributed by atoms with van der Waals surface area (Å²) in [4.78, 5) is 2.59. The zero-order valence-electron chi connectivity index (χ0n) is 11.0. The van der Waals surface area contributed by atoms with Crippen LogP contribution in [0.5, 0.6) is 0 Å². The van der Waals surface area contributed by atoms with Gasteiger partial charge < -0.3 is 5.32 Å². The minimum absolute atomic E-state index is 0.594. The van der Waals surface area contributed by atoms with E-state index < -0.39 is 0 Å². The molecular weight excluding hydrogens is 292 g/mol. The number of piperidine rings is 1. The van der Waals surface area contributed by atoms with Gasteiger partial charge in [0.25, 0.3) is 0 Å². The molecule has 3 heterocycles. The van der Waals surface area contributed by atoms with E-state index in [0.717, 1.165) is 11.0 Å². The van der Waals surface area contributed by atoms with Crippen molar-refractivity contribution in [2.75, 3.05) is 26.2 Å². The van der Waals surface area contributed by atoms with Gasteiger partial charge in [-0.25, -0.2) is 0 Å². The molecule has 5 heteroatoms. The van der Waals surface area contributed by atoms with Crippen LogP contribution >= 0.6 is 15.9 Å². The monoisotopic (exact) mass is 312 g/mol. The Kier molecular flexibility index (Phi) is 3.47. The van der Waals surface area contributed by atoms with Gasteiger partial charge in [-0.05, 0) is 60.2 Å². The first-order chi connectivity index (χ1) is 8.69. The molecule has 0 atom stereocenters. The lowest BCUT2D eigenvalue weighted by atomic mass is 9.78. The number of nitrogens with one attached hydrogen (secondary N) is 1. The maximum absolute atomic E-state index is 4.30. The first-order valence-corrected chi connectivity index (χ1v) is 7.57. The molecule has 1 spiro atoms. The fourth-order valence-electron chi connectivity index (χ4n) is 3.35. The summed E-state index contributed by atoms with van der Waals surface area (Å²) in [5, 5.41) is 7.77. The molecule has 0 amide bonds. The Hall–Kier alpha value is -0.390. The third-order valence-corrected chi connectivity index (χ3v) is 5.23. The molecule has 1 aromatic rings. The summed E-state index contributed by atoms with van der Waals surface area (Å²) in [7, 11) is 2.02. The highest BCUT2D eigenvalue weighted by molar-refractivity contribution is 9.10. The van der Waals surface area contributed by atoms with E-state index >= 15 is 0 Å². The van der Waals surface area contributed by atoms with Gasteiger partial charge in [-0.1, -0.05) is 0 Å². The lowest BCUT2D eigenvalue weighted by Gasteiger charge is -2.33. The second-order valence-corrected chi connectivity index (χ2v) is 6.63. The third kappa shape index (κ3) is 2.36. The van der Waals surface area contributed by atoms with Crippen molar-refractivity contribution in [2.24, 2.45) is 12.5 Å². The molecule has 0 aromatic carbocycles. The normalized spacial score (nSPS) is 23.9. The van der Waals surface area contributed by atoms with Crippen LogP contribution < -0.4 is 5.32 Å². The second-order valence-electron chi connectivity index (χ2n) is 5.77. The molecule has 100 valence electrons. The summed E-state index contributed by atoms with van der Waals surface area (Å²) in [6.45, 7) is 5.91. The smallest absolute Gasteiger partial charge is 0.0663 e. The molecule has 0 bridgehead atoms. The van der Waals surface area contributed by atoms with Gasteiger partial charge in [-0.2, -0.15) is 5.10 Å². The molecule has 0 unspecified atom stereocenters. The maximum atomic E-state index is 4.30. The highest BCUT2D eigenvalue weighted by Crippen LogP contribution is 2.39. The van der Waals surface area contributed by atoms with Crippen LogP contribution in [-0.2, 0) is 13.6 Å². The van der Waals surface area contributed by atoms with E-state index in [1.54, 1.807) is 0 Å². The number of aryl methyl sites for hydroxylation is 1. The molecule has 2 aliphatic rings. The van der Waals surface area contributed by atoms with Crippen molar-refractivity contribution in [3.8, 4) is 0 Å². The molecule has 1 N–H and O–H groups in total. The summed E-state index contributed by atoms with van der Waals surface area (Å²) in [6.07, 6.45) is 5.95. The Morgan fingerprint density at radius 2 is 2.17 bits per heavy atom. The molecule has 0 radical (unpaired) electrons. The standard InChI is InChI=1S/C13H21BrN4/c1-17-12(11(14)8-16-17)9-18-7-4-13(10-18)2-5-15-6-3-13/h8,15H,2-7,9-10H2,1H3. The zero-order valence-corrected chi connectivity index (χ0v) is 12.5. The number of hydrogen-bond donors (Lipinski definition) is 1. The van der Waals surface area contributed by atoms with Gasteiger partial charge in [-0.3, -0.25) is 9.58 Å². The van der Waals surface area contributed by atoms with Crippen LogP contribution in [0, 0.1) is 5.41 Å². The lowest BCUT2D eigenvalue weighted by molar-refractivity contribution is 0.192. The van der Waals surface area contributed by atoms with Crippen LogP contribution in [-0.4, -0.2) is 40.9 Å². The van der Waals surface area contributed by atoms with Crippen LogP contribution in [0.3, 0.4) is 0 Å². The molecule has 1 aromatic heterocycles. The summed E-state index contributed by atoms with van der Waals surface area (Å²) >= 11 is 3.59. The van der Waals surface area contributed by atoms with Crippen LogP contribution in [0.15, 0.2) is 10.7 Å². The number of hydrogen-bond acceptors (Lipinski definition) is 3. The van der Waals surface area contributed by atoms with Crippen molar-refractivity contribution in [1.82, 2.24) is 20.0 Å². The van der Waals surface area contributed by atoms with E-state index in [2.05, 4.69) is 31.2 Å². The number of aromatic nitrogens is 2. The molecule has 4 nitrogen and oxygen atoms in total. The van der Waals surface area contributed by atoms with E-state index in [1.807, 2.05) is 17.9 Å². The number of halogens is 1. The van der Waals surface area contributed by atoms with E-state index in [1.165, 1.54) is 51.1 Å². The summed E-state index contributed by atoms with van der Waals surface area (Å²) in [5.41, 5.74) is 1.89. The Morgan fingerprint density at radius 3 is 2.83 bits per heavy atom. The largest absolute Gasteiger partial charge is 0.317 e. The lowest BCUT2D eigenvalue weighted by Crippen LogP contribution is -2.38. The van der Waals surface area contributed by atoms with Crippen molar-refractivity contribution in [3.05, 3.63) is 16.4 Å². The number of likely N-dealkylation sites (tertiary alicyclic amines) is 1. The average Bonchev–Trinajstić information content (AvgIpc) is 2.89. The first kappa shape index (κ1) is 12.6. The zero-order chi connectivity index (χ0) is 12.6. The van der Waals surface area contributed by atoms with Crippen LogP contribution in [0.25, 0.3) is 0 Å². The Morgan fingerprint density at radius 1 is 1.39 bits per heavy atom. The quantitative estimate of drug-likeness (QED) is 0.903. The van der Waals surface area contributed by atoms with Crippen molar-refractivity contribution in [1.29, 1.82) is 0 Å². The van der Waals surface area contributed by atoms with Gasteiger partial charge in [-0.15, -0.1) is 0 Å². The second kappa shape index (κ2) is 4.94. The molecule has 18 heavy (non-hydrogen) atoms. The minimum atomic E-state index is 0.594. The molecule has 2 saturated heterocycles. The summed E-state index contributed by atoms with van der Waals surface area (Å²) in [6, 6.07) is 0. The third-order valence-electron chi connectivity index (χ3n) is 4.57. The van der Waals surface area contributed by atoms with Gasteiger partial charge in [0.15, 0.2) is 0 Å². The molecular formula is C13H21BrN4. The molecule has 2 fully saturated rings. The molecule has 0 saturated carbocycles. The molecule has 3 rings (SSSR count).